The summed E-state index contributed by atoms with van der Waals surface area (Å²) in [5.41, 5.74) is 0.976. The average molecular weight is 140 g/mol. The Kier molecular flexibility index (Phi) is 4.55. The van der Waals surface area contributed by atoms with E-state index in [-0.39, 0.29) is 5.83 Å². The molecule has 0 unspecified atom stereocenters. The van der Waals surface area contributed by atoms with Crippen molar-refractivity contribution in [3.63, 3.8) is 0 Å². The molecule has 0 radical (unpaired) electrons. The van der Waals surface area contributed by atoms with Crippen LogP contribution in [0.15, 0.2) is 36.2 Å². The quantitative estimate of drug-likeness (QED) is 0.527. The standard InChI is InChI=1S/C9H13F/c1-4-8(3)6-7-9(10)5-2/h4,6-7H,1,5H2,2-3H3/b8-6-,9-7+. The molecule has 0 aromatic rings. The second kappa shape index (κ2) is 4.98. The lowest BCUT2D eigenvalue weighted by atomic mass is 10.2. The Morgan fingerprint density at radius 1 is 1.50 bits per heavy atom. The SMILES string of the molecule is C=C/C(C)=C\C=C(\F)CC. The van der Waals surface area contributed by atoms with Gasteiger partial charge in [0.15, 0.2) is 0 Å². The summed E-state index contributed by atoms with van der Waals surface area (Å²) in [5, 5.41) is 0. The van der Waals surface area contributed by atoms with E-state index >= 15 is 0 Å². The molecule has 0 rings (SSSR count). The molecule has 0 saturated heterocycles. The molecule has 56 valence electrons. The first-order chi connectivity index (χ1) is 4.70. The van der Waals surface area contributed by atoms with Crippen molar-refractivity contribution in [3.8, 4) is 0 Å². The first-order valence-corrected chi connectivity index (χ1v) is 3.36. The van der Waals surface area contributed by atoms with Crippen LogP contribution in [0.4, 0.5) is 4.39 Å². The molecule has 0 aromatic carbocycles. The number of hydrogen-bond acceptors (Lipinski definition) is 0. The van der Waals surface area contributed by atoms with Gasteiger partial charge in [0.1, 0.15) is 0 Å². The zero-order valence-electron chi connectivity index (χ0n) is 6.52. The van der Waals surface area contributed by atoms with Crippen LogP contribution in [0.3, 0.4) is 0 Å². The van der Waals surface area contributed by atoms with Gasteiger partial charge in [-0.25, -0.2) is 4.39 Å². The number of allylic oxidation sites excluding steroid dienone is 5. The maximum absolute atomic E-state index is 12.4. The first kappa shape index (κ1) is 9.15. The zero-order valence-corrected chi connectivity index (χ0v) is 6.52. The smallest absolute Gasteiger partial charge is 0.0996 e. The normalized spacial score (nSPS) is 13.5. The Labute approximate surface area is 61.8 Å². The second-order valence-corrected chi connectivity index (χ2v) is 2.08. The van der Waals surface area contributed by atoms with Gasteiger partial charge < -0.3 is 0 Å². The summed E-state index contributed by atoms with van der Waals surface area (Å²) in [4.78, 5) is 0. The van der Waals surface area contributed by atoms with Crippen LogP contribution in [0.2, 0.25) is 0 Å². The van der Waals surface area contributed by atoms with Crippen molar-refractivity contribution in [1.29, 1.82) is 0 Å². The van der Waals surface area contributed by atoms with Crippen molar-refractivity contribution in [2.45, 2.75) is 20.3 Å². The van der Waals surface area contributed by atoms with E-state index in [9.17, 15) is 4.39 Å². The largest absolute Gasteiger partial charge is 0.212 e. The van der Waals surface area contributed by atoms with E-state index in [1.54, 1.807) is 19.1 Å². The van der Waals surface area contributed by atoms with Crippen molar-refractivity contribution < 1.29 is 4.39 Å². The summed E-state index contributed by atoms with van der Waals surface area (Å²) in [6.07, 6.45) is 5.34. The molecule has 0 bridgehead atoms. The van der Waals surface area contributed by atoms with Crippen molar-refractivity contribution >= 4 is 0 Å². The molecule has 0 saturated carbocycles. The molecule has 0 nitrogen and oxygen atoms in total. The highest BCUT2D eigenvalue weighted by molar-refractivity contribution is 5.20. The molecule has 0 amide bonds. The van der Waals surface area contributed by atoms with Crippen LogP contribution in [-0.4, -0.2) is 0 Å². The van der Waals surface area contributed by atoms with E-state index < -0.39 is 0 Å². The third kappa shape index (κ3) is 4.07. The Balaban J connectivity index is 4.03. The van der Waals surface area contributed by atoms with Crippen molar-refractivity contribution in [1.82, 2.24) is 0 Å². The minimum absolute atomic E-state index is 0.0961. The van der Waals surface area contributed by atoms with Crippen LogP contribution >= 0.6 is 0 Å². The molecule has 0 aliphatic rings. The zero-order chi connectivity index (χ0) is 7.98. The van der Waals surface area contributed by atoms with Crippen molar-refractivity contribution in [2.24, 2.45) is 0 Å². The Morgan fingerprint density at radius 2 is 2.10 bits per heavy atom. The van der Waals surface area contributed by atoms with E-state index in [0.717, 1.165) is 5.57 Å². The summed E-state index contributed by atoms with van der Waals surface area (Å²) in [6, 6.07) is 0. The van der Waals surface area contributed by atoms with Gasteiger partial charge in [-0.3, -0.25) is 0 Å². The molecule has 1 heteroatoms. The molecule has 0 N–H and O–H groups in total. The van der Waals surface area contributed by atoms with Gasteiger partial charge in [-0.15, -0.1) is 0 Å². The Hall–Kier alpha value is -0.850. The summed E-state index contributed by atoms with van der Waals surface area (Å²) < 4.78 is 12.4. The van der Waals surface area contributed by atoms with E-state index in [2.05, 4.69) is 6.58 Å². The van der Waals surface area contributed by atoms with Crippen LogP contribution in [0.5, 0.6) is 0 Å². The van der Waals surface area contributed by atoms with Crippen molar-refractivity contribution in [2.75, 3.05) is 0 Å². The number of hydrogen-bond donors (Lipinski definition) is 0. The summed E-state index contributed by atoms with van der Waals surface area (Å²) in [7, 11) is 0. The molecular weight excluding hydrogens is 127 g/mol. The minimum atomic E-state index is -0.0961. The number of rotatable bonds is 3. The lowest BCUT2D eigenvalue weighted by Gasteiger charge is -1.87. The van der Waals surface area contributed by atoms with Gasteiger partial charge in [-0.05, 0) is 19.4 Å². The lowest BCUT2D eigenvalue weighted by Crippen LogP contribution is -1.68. The minimum Gasteiger partial charge on any atom is -0.212 e. The fraction of sp³-hybridized carbons (Fsp3) is 0.333. The number of halogens is 1. The summed E-state index contributed by atoms with van der Waals surface area (Å²) in [6.45, 7) is 7.21. The topological polar surface area (TPSA) is 0 Å². The molecular formula is C9H13F. The summed E-state index contributed by atoms with van der Waals surface area (Å²) >= 11 is 0. The summed E-state index contributed by atoms with van der Waals surface area (Å²) in [5.74, 6) is -0.0961. The van der Waals surface area contributed by atoms with Gasteiger partial charge in [0.25, 0.3) is 0 Å². The third-order valence-corrected chi connectivity index (χ3v) is 1.19. The average Bonchev–Trinajstić information content (AvgIpc) is 1.99. The van der Waals surface area contributed by atoms with E-state index in [1.165, 1.54) is 6.08 Å². The van der Waals surface area contributed by atoms with E-state index in [4.69, 9.17) is 0 Å². The highest BCUT2D eigenvalue weighted by Crippen LogP contribution is 2.03. The second-order valence-electron chi connectivity index (χ2n) is 2.08. The van der Waals surface area contributed by atoms with Crippen LogP contribution in [0.25, 0.3) is 0 Å². The molecule has 0 atom stereocenters. The van der Waals surface area contributed by atoms with Gasteiger partial charge in [-0.1, -0.05) is 31.2 Å². The van der Waals surface area contributed by atoms with Gasteiger partial charge in [0.05, 0.1) is 5.83 Å². The molecule has 0 heterocycles. The predicted octanol–water partition coefficient (Wildman–Crippen LogP) is 3.38. The lowest BCUT2D eigenvalue weighted by molar-refractivity contribution is 0.604. The molecule has 0 aliphatic carbocycles. The molecule has 0 spiro atoms. The fourth-order valence-corrected chi connectivity index (χ4v) is 0.408. The van der Waals surface area contributed by atoms with E-state index in [1.807, 2.05) is 6.92 Å². The molecule has 10 heavy (non-hydrogen) atoms. The van der Waals surface area contributed by atoms with Gasteiger partial charge in [0.2, 0.25) is 0 Å². The Morgan fingerprint density at radius 3 is 2.50 bits per heavy atom. The van der Waals surface area contributed by atoms with Gasteiger partial charge >= 0.3 is 0 Å². The van der Waals surface area contributed by atoms with E-state index in [0.29, 0.717) is 6.42 Å². The molecule has 0 fully saturated rings. The van der Waals surface area contributed by atoms with Crippen LogP contribution in [0, 0.1) is 0 Å². The van der Waals surface area contributed by atoms with Crippen LogP contribution in [-0.2, 0) is 0 Å². The van der Waals surface area contributed by atoms with Crippen LogP contribution in [0.1, 0.15) is 20.3 Å². The fourth-order valence-electron chi connectivity index (χ4n) is 0.408. The first-order valence-electron chi connectivity index (χ1n) is 3.36. The maximum Gasteiger partial charge on any atom is 0.0996 e. The highest BCUT2D eigenvalue weighted by atomic mass is 19.1. The Bertz CT molecular complexity index is 164. The predicted molar refractivity (Wildman–Crippen MR) is 43.4 cm³/mol. The highest BCUT2D eigenvalue weighted by Gasteiger charge is 1.84. The molecule has 0 aliphatic heterocycles. The van der Waals surface area contributed by atoms with Crippen LogP contribution < -0.4 is 0 Å². The monoisotopic (exact) mass is 140 g/mol. The third-order valence-electron chi connectivity index (χ3n) is 1.19. The van der Waals surface area contributed by atoms with Crippen molar-refractivity contribution in [3.05, 3.63) is 36.2 Å². The molecule has 0 aromatic heterocycles. The van der Waals surface area contributed by atoms with Gasteiger partial charge in [0, 0.05) is 0 Å². The van der Waals surface area contributed by atoms with Gasteiger partial charge in [-0.2, -0.15) is 0 Å². The maximum atomic E-state index is 12.4.